The van der Waals surface area contributed by atoms with E-state index in [0.717, 1.165) is 0 Å². The van der Waals surface area contributed by atoms with E-state index in [2.05, 4.69) is 10.3 Å². The Morgan fingerprint density at radius 3 is 2.52 bits per heavy atom. The number of hydrogen-bond acceptors (Lipinski definition) is 5. The third-order valence-electron chi connectivity index (χ3n) is 2.60. The van der Waals surface area contributed by atoms with Crippen LogP contribution < -0.4 is 10.1 Å². The number of benzene rings is 1. The summed E-state index contributed by atoms with van der Waals surface area (Å²) in [6, 6.07) is 9.33. The number of methoxy groups -OCH3 is 1. The van der Waals surface area contributed by atoms with Crippen LogP contribution >= 0.6 is 10.7 Å². The fourth-order valence-corrected chi connectivity index (χ4v) is 2.31. The van der Waals surface area contributed by atoms with Gasteiger partial charge in [-0.15, -0.1) is 0 Å². The van der Waals surface area contributed by atoms with Crippen LogP contribution in [-0.2, 0) is 9.05 Å². The first kappa shape index (κ1) is 15.3. The molecule has 0 atom stereocenters. The minimum atomic E-state index is -3.88. The molecule has 0 radical (unpaired) electrons. The van der Waals surface area contributed by atoms with Crippen molar-refractivity contribution in [3.8, 4) is 5.75 Å². The van der Waals surface area contributed by atoms with E-state index >= 15 is 0 Å². The van der Waals surface area contributed by atoms with E-state index < -0.39 is 15.0 Å². The maximum atomic E-state index is 12.1. The number of nitrogens with one attached hydrogen (secondary N) is 1. The molecule has 1 heterocycles. The molecule has 21 heavy (non-hydrogen) atoms. The zero-order valence-corrected chi connectivity index (χ0v) is 12.5. The summed E-state index contributed by atoms with van der Waals surface area (Å²) >= 11 is 0. The lowest BCUT2D eigenvalue weighted by molar-refractivity contribution is 0.102. The maximum Gasteiger partial charge on any atom is 0.278 e. The molecule has 8 heteroatoms. The van der Waals surface area contributed by atoms with E-state index in [4.69, 9.17) is 15.4 Å². The Labute approximate surface area is 126 Å². The predicted molar refractivity (Wildman–Crippen MR) is 78.2 cm³/mol. The van der Waals surface area contributed by atoms with Gasteiger partial charge in [-0.3, -0.25) is 4.79 Å². The second-order valence-electron chi connectivity index (χ2n) is 3.98. The Balaban J connectivity index is 2.20. The van der Waals surface area contributed by atoms with Crippen LogP contribution in [0.1, 0.15) is 10.4 Å². The number of nitrogens with zero attached hydrogens (tertiary/aromatic N) is 1. The summed E-state index contributed by atoms with van der Waals surface area (Å²) in [6.45, 7) is 0. The van der Waals surface area contributed by atoms with Gasteiger partial charge >= 0.3 is 0 Å². The molecule has 0 bridgehead atoms. The van der Waals surface area contributed by atoms with Crippen molar-refractivity contribution in [3.05, 3.63) is 48.2 Å². The minimum absolute atomic E-state index is 0.278. The van der Waals surface area contributed by atoms with Crippen LogP contribution in [0.4, 0.5) is 5.69 Å². The molecule has 0 saturated carbocycles. The van der Waals surface area contributed by atoms with Crippen molar-refractivity contribution in [2.45, 2.75) is 5.03 Å². The van der Waals surface area contributed by atoms with Crippen molar-refractivity contribution >= 4 is 31.3 Å². The van der Waals surface area contributed by atoms with E-state index in [9.17, 15) is 13.2 Å². The van der Waals surface area contributed by atoms with Crippen LogP contribution in [0.25, 0.3) is 0 Å². The fraction of sp³-hybridized carbons (Fsp3) is 0.0769. The topological polar surface area (TPSA) is 85.4 Å². The Kier molecular flexibility index (Phi) is 4.44. The lowest BCUT2D eigenvalue weighted by atomic mass is 10.2. The maximum absolute atomic E-state index is 12.1. The molecule has 0 saturated heterocycles. The number of anilines is 1. The van der Waals surface area contributed by atoms with E-state index in [1.165, 1.54) is 25.4 Å². The smallest absolute Gasteiger partial charge is 0.278 e. The zero-order valence-electron chi connectivity index (χ0n) is 10.9. The third-order valence-corrected chi connectivity index (χ3v) is 3.81. The number of rotatable bonds is 4. The Hall–Kier alpha value is -2.12. The molecule has 0 spiro atoms. The lowest BCUT2D eigenvalue weighted by Gasteiger charge is -2.08. The monoisotopic (exact) mass is 326 g/mol. The molecule has 2 rings (SSSR count). The van der Waals surface area contributed by atoms with Gasteiger partial charge in [-0.2, -0.15) is 0 Å². The highest BCUT2D eigenvalue weighted by Crippen LogP contribution is 2.19. The van der Waals surface area contributed by atoms with Gasteiger partial charge in [0, 0.05) is 10.7 Å². The van der Waals surface area contributed by atoms with Crippen LogP contribution in [0.15, 0.2) is 47.6 Å². The number of hydrogen-bond donors (Lipinski definition) is 1. The number of pyridine rings is 1. The molecule has 2 aromatic rings. The Bertz CT molecular complexity index is 760. The first-order valence-electron chi connectivity index (χ1n) is 5.77. The highest BCUT2D eigenvalue weighted by Gasteiger charge is 2.14. The summed E-state index contributed by atoms with van der Waals surface area (Å²) in [5.74, 6) is 0.0404. The lowest BCUT2D eigenvalue weighted by Crippen LogP contribution is -2.13. The quantitative estimate of drug-likeness (QED) is 0.871. The highest BCUT2D eigenvalue weighted by atomic mass is 35.7. The summed E-state index contributed by atoms with van der Waals surface area (Å²) in [5.41, 5.74) is 0.698. The third kappa shape index (κ3) is 3.71. The average Bonchev–Trinajstić information content (AvgIpc) is 2.46. The largest absolute Gasteiger partial charge is 0.496 e. The van der Waals surface area contributed by atoms with E-state index in [-0.39, 0.29) is 5.03 Å². The van der Waals surface area contributed by atoms with Crippen molar-refractivity contribution in [2.75, 3.05) is 12.4 Å². The predicted octanol–water partition coefficient (Wildman–Crippen LogP) is 2.27. The molecule has 0 fully saturated rings. The summed E-state index contributed by atoms with van der Waals surface area (Å²) in [6.07, 6.45) is 1.21. The molecule has 0 unspecified atom stereocenters. The molecule has 0 aliphatic carbocycles. The standard InChI is InChI=1S/C13H11ClN2O4S/c1-20-11-5-3-2-4-10(11)13(17)16-9-6-7-12(15-8-9)21(14,18)19/h2-8H,1H3,(H,16,17). The van der Waals surface area contributed by atoms with E-state index in [1.54, 1.807) is 24.3 Å². The van der Waals surface area contributed by atoms with Gasteiger partial charge in [0.2, 0.25) is 0 Å². The molecule has 6 nitrogen and oxygen atoms in total. The van der Waals surface area contributed by atoms with Crippen molar-refractivity contribution in [1.29, 1.82) is 0 Å². The van der Waals surface area contributed by atoms with E-state index in [1.807, 2.05) is 0 Å². The van der Waals surface area contributed by atoms with E-state index in [0.29, 0.717) is 17.0 Å². The van der Waals surface area contributed by atoms with Crippen LogP contribution in [0.2, 0.25) is 0 Å². The summed E-state index contributed by atoms with van der Waals surface area (Å²) in [4.78, 5) is 15.8. The fourth-order valence-electron chi connectivity index (χ4n) is 1.63. The molecule has 0 aliphatic heterocycles. The second-order valence-corrected chi connectivity index (χ2v) is 6.49. The molecular weight excluding hydrogens is 316 g/mol. The van der Waals surface area contributed by atoms with Gasteiger partial charge in [0.25, 0.3) is 15.0 Å². The molecule has 110 valence electrons. The number of para-hydroxylation sites is 1. The summed E-state index contributed by atoms with van der Waals surface area (Å²) in [5, 5.41) is 2.31. The second kappa shape index (κ2) is 6.11. The van der Waals surface area contributed by atoms with Crippen LogP contribution in [-0.4, -0.2) is 26.4 Å². The van der Waals surface area contributed by atoms with Gasteiger partial charge in [0.1, 0.15) is 5.75 Å². The normalized spacial score (nSPS) is 11.0. The van der Waals surface area contributed by atoms with Gasteiger partial charge < -0.3 is 10.1 Å². The van der Waals surface area contributed by atoms with Gasteiger partial charge in [-0.25, -0.2) is 13.4 Å². The summed E-state index contributed by atoms with van der Waals surface area (Å²) in [7, 11) is 2.74. The van der Waals surface area contributed by atoms with Crippen molar-refractivity contribution < 1.29 is 17.9 Å². The minimum Gasteiger partial charge on any atom is -0.496 e. The number of ether oxygens (including phenoxy) is 1. The first-order valence-corrected chi connectivity index (χ1v) is 8.08. The molecule has 1 amide bonds. The van der Waals surface area contributed by atoms with Gasteiger partial charge in [-0.1, -0.05) is 12.1 Å². The molecule has 1 aromatic heterocycles. The SMILES string of the molecule is COc1ccccc1C(=O)Nc1ccc(S(=O)(=O)Cl)nc1. The van der Waals surface area contributed by atoms with Crippen LogP contribution in [0.5, 0.6) is 5.75 Å². The van der Waals surface area contributed by atoms with Crippen molar-refractivity contribution in [3.63, 3.8) is 0 Å². The number of aromatic nitrogens is 1. The number of halogens is 1. The number of carbonyl (C=O) groups is 1. The summed E-state index contributed by atoms with van der Waals surface area (Å²) < 4.78 is 27.2. The van der Waals surface area contributed by atoms with Crippen molar-refractivity contribution in [2.24, 2.45) is 0 Å². The number of amides is 1. The molecular formula is C13H11ClN2O4S. The van der Waals surface area contributed by atoms with Gasteiger partial charge in [-0.05, 0) is 24.3 Å². The molecule has 1 N–H and O–H groups in total. The Morgan fingerprint density at radius 1 is 1.24 bits per heavy atom. The first-order chi connectivity index (χ1) is 9.91. The molecule has 0 aliphatic rings. The van der Waals surface area contributed by atoms with Crippen molar-refractivity contribution in [1.82, 2.24) is 4.98 Å². The number of carbonyl (C=O) groups excluding carboxylic acids is 1. The zero-order chi connectivity index (χ0) is 15.5. The van der Waals surface area contributed by atoms with Crippen LogP contribution in [0.3, 0.4) is 0 Å². The molecule has 1 aromatic carbocycles. The van der Waals surface area contributed by atoms with Gasteiger partial charge in [0.05, 0.1) is 24.6 Å². The van der Waals surface area contributed by atoms with Crippen LogP contribution in [0, 0.1) is 0 Å². The van der Waals surface area contributed by atoms with Gasteiger partial charge in [0.15, 0.2) is 5.03 Å². The average molecular weight is 327 g/mol. The highest BCUT2D eigenvalue weighted by molar-refractivity contribution is 8.13. The Morgan fingerprint density at radius 2 is 1.95 bits per heavy atom.